The van der Waals surface area contributed by atoms with Gasteiger partial charge in [-0.05, 0) is 23.6 Å². The van der Waals surface area contributed by atoms with Gasteiger partial charge in [0.1, 0.15) is 5.69 Å². The zero-order chi connectivity index (χ0) is 23.1. The summed E-state index contributed by atoms with van der Waals surface area (Å²) in [7, 11) is 0. The Morgan fingerprint density at radius 1 is 0.971 bits per heavy atom. The zero-order valence-corrected chi connectivity index (χ0v) is 17.8. The molecular formula is C26H17N5O3. The van der Waals surface area contributed by atoms with Crippen LogP contribution in [0.1, 0.15) is 21.9 Å². The van der Waals surface area contributed by atoms with E-state index < -0.39 is 5.97 Å². The lowest BCUT2D eigenvalue weighted by molar-refractivity contribution is 0.0691. The van der Waals surface area contributed by atoms with E-state index in [1.807, 2.05) is 54.6 Å². The number of aromatic carboxylic acids is 1. The largest absolute Gasteiger partial charge is 0.477 e. The van der Waals surface area contributed by atoms with Crippen LogP contribution in [0.3, 0.4) is 0 Å². The highest BCUT2D eigenvalue weighted by atomic mass is 16.5. The predicted octanol–water partition coefficient (Wildman–Crippen LogP) is 5.12. The van der Waals surface area contributed by atoms with Gasteiger partial charge in [-0.25, -0.2) is 4.79 Å². The van der Waals surface area contributed by atoms with Gasteiger partial charge in [0.05, 0.1) is 11.2 Å². The maximum Gasteiger partial charge on any atom is 0.352 e. The number of pyridine rings is 2. The lowest BCUT2D eigenvalue weighted by atomic mass is 10.0. The van der Waals surface area contributed by atoms with E-state index in [0.29, 0.717) is 34.7 Å². The predicted molar refractivity (Wildman–Crippen MR) is 126 cm³/mol. The van der Waals surface area contributed by atoms with E-state index in [4.69, 9.17) is 9.51 Å². The third-order valence-corrected chi connectivity index (χ3v) is 5.73. The van der Waals surface area contributed by atoms with Crippen molar-refractivity contribution in [3.8, 4) is 22.7 Å². The van der Waals surface area contributed by atoms with E-state index in [2.05, 4.69) is 20.1 Å². The van der Waals surface area contributed by atoms with Gasteiger partial charge in [0.25, 0.3) is 5.89 Å². The van der Waals surface area contributed by atoms with Crippen molar-refractivity contribution in [3.05, 3.63) is 96.3 Å². The molecule has 6 rings (SSSR count). The number of carboxylic acids is 1. The Labute approximate surface area is 192 Å². The van der Waals surface area contributed by atoms with Crippen LogP contribution < -0.4 is 0 Å². The van der Waals surface area contributed by atoms with E-state index in [9.17, 15) is 9.90 Å². The molecule has 0 spiro atoms. The molecule has 4 heterocycles. The lowest BCUT2D eigenvalue weighted by Crippen LogP contribution is -1.97. The second-order valence-corrected chi connectivity index (χ2v) is 7.88. The molecule has 0 fully saturated rings. The minimum absolute atomic E-state index is 0.0804. The van der Waals surface area contributed by atoms with Crippen LogP contribution in [0.5, 0.6) is 0 Å². The fourth-order valence-corrected chi connectivity index (χ4v) is 4.13. The third kappa shape index (κ3) is 3.38. The van der Waals surface area contributed by atoms with E-state index in [1.165, 1.54) is 0 Å². The molecule has 0 aliphatic carbocycles. The second kappa shape index (κ2) is 7.93. The fraction of sp³-hybridized carbons (Fsp3) is 0.0385. The van der Waals surface area contributed by atoms with Gasteiger partial charge in [0, 0.05) is 52.5 Å². The van der Waals surface area contributed by atoms with Crippen LogP contribution in [-0.4, -0.2) is 36.2 Å². The summed E-state index contributed by atoms with van der Waals surface area (Å²) in [6.07, 6.45) is 5.60. The molecule has 0 aliphatic heterocycles. The number of fused-ring (bicyclic) bond motifs is 2. The molecule has 0 unspecified atom stereocenters. The monoisotopic (exact) mass is 447 g/mol. The summed E-state index contributed by atoms with van der Waals surface area (Å²) < 4.78 is 5.43. The fourth-order valence-electron chi connectivity index (χ4n) is 4.13. The Kier molecular flexibility index (Phi) is 4.62. The molecule has 0 bridgehead atoms. The van der Waals surface area contributed by atoms with Crippen molar-refractivity contribution in [1.29, 1.82) is 0 Å². The molecule has 8 heteroatoms. The van der Waals surface area contributed by atoms with E-state index in [-0.39, 0.29) is 5.69 Å². The first-order valence-electron chi connectivity index (χ1n) is 10.6. The number of nitrogens with one attached hydrogen (secondary N) is 1. The molecule has 2 N–H and O–H groups in total. The highest BCUT2D eigenvalue weighted by Gasteiger charge is 2.19. The Balaban J connectivity index is 1.47. The molecule has 34 heavy (non-hydrogen) atoms. The molecular weight excluding hydrogens is 430 g/mol. The van der Waals surface area contributed by atoms with Gasteiger partial charge in [0.15, 0.2) is 5.82 Å². The molecule has 8 nitrogen and oxygen atoms in total. The number of rotatable bonds is 5. The van der Waals surface area contributed by atoms with Crippen LogP contribution in [0.15, 0.2) is 83.8 Å². The van der Waals surface area contributed by atoms with E-state index in [1.54, 1.807) is 24.7 Å². The van der Waals surface area contributed by atoms with Crippen LogP contribution >= 0.6 is 0 Å². The van der Waals surface area contributed by atoms with Crippen molar-refractivity contribution in [2.45, 2.75) is 6.42 Å². The first kappa shape index (κ1) is 19.8. The summed E-state index contributed by atoms with van der Waals surface area (Å²) in [5.74, 6) is -0.140. The second-order valence-electron chi connectivity index (χ2n) is 7.88. The van der Waals surface area contributed by atoms with Crippen molar-refractivity contribution >= 4 is 27.6 Å². The average molecular weight is 447 g/mol. The van der Waals surface area contributed by atoms with Gasteiger partial charge < -0.3 is 14.6 Å². The standard InChI is InChI=1S/C26H17N5O3/c32-26(33)21-11-19-23(29-21)17(10-22-30-25(34-31-22)15-6-2-1-3-7-15)13-28-24(19)20-14-27-12-16-8-4-5-9-18(16)20/h1-9,11-14,29H,10H2,(H,32,33). The Hall–Kier alpha value is -4.85. The molecule has 0 saturated carbocycles. The van der Waals surface area contributed by atoms with Crippen molar-refractivity contribution in [2.75, 3.05) is 0 Å². The molecule has 0 amide bonds. The number of aromatic nitrogens is 5. The number of carbonyl (C=O) groups is 1. The lowest BCUT2D eigenvalue weighted by Gasteiger charge is -2.09. The molecule has 0 radical (unpaired) electrons. The number of H-pyrrole nitrogens is 1. The third-order valence-electron chi connectivity index (χ3n) is 5.73. The minimum Gasteiger partial charge on any atom is -0.477 e. The van der Waals surface area contributed by atoms with Gasteiger partial charge in [0.2, 0.25) is 0 Å². The van der Waals surface area contributed by atoms with Gasteiger partial charge in [-0.15, -0.1) is 0 Å². The summed E-state index contributed by atoms with van der Waals surface area (Å²) >= 11 is 0. The molecule has 0 aliphatic rings. The average Bonchev–Trinajstić information content (AvgIpc) is 3.53. The molecule has 0 atom stereocenters. The van der Waals surface area contributed by atoms with Crippen molar-refractivity contribution in [2.24, 2.45) is 0 Å². The zero-order valence-electron chi connectivity index (χ0n) is 17.8. The van der Waals surface area contributed by atoms with E-state index >= 15 is 0 Å². The smallest absolute Gasteiger partial charge is 0.352 e. The maximum absolute atomic E-state index is 11.8. The van der Waals surface area contributed by atoms with Gasteiger partial charge in [-0.2, -0.15) is 4.98 Å². The normalized spacial score (nSPS) is 11.3. The number of nitrogens with zero attached hydrogens (tertiary/aromatic N) is 4. The first-order chi connectivity index (χ1) is 16.7. The van der Waals surface area contributed by atoms with Crippen molar-refractivity contribution in [3.63, 3.8) is 0 Å². The van der Waals surface area contributed by atoms with Crippen LogP contribution in [0.4, 0.5) is 0 Å². The number of carboxylic acid groups (broad SMARTS) is 1. The van der Waals surface area contributed by atoms with Gasteiger partial charge in [-0.1, -0.05) is 47.6 Å². The summed E-state index contributed by atoms with van der Waals surface area (Å²) in [6.45, 7) is 0. The summed E-state index contributed by atoms with van der Waals surface area (Å²) in [6, 6.07) is 19.0. The van der Waals surface area contributed by atoms with Crippen LogP contribution in [0.25, 0.3) is 44.4 Å². The molecule has 0 saturated heterocycles. The number of hydrogen-bond donors (Lipinski definition) is 2. The minimum atomic E-state index is -1.05. The Bertz CT molecular complexity index is 1670. The maximum atomic E-state index is 11.8. The quantitative estimate of drug-likeness (QED) is 0.377. The SMILES string of the molecule is O=C(O)c1cc2c(-c3cncc4ccccc34)ncc(Cc3noc(-c4ccccc4)n3)c2[nH]1. The van der Waals surface area contributed by atoms with Gasteiger partial charge >= 0.3 is 5.97 Å². The summed E-state index contributed by atoms with van der Waals surface area (Å²) in [5, 5.41) is 16.4. The topological polar surface area (TPSA) is 118 Å². The van der Waals surface area contributed by atoms with Gasteiger partial charge in [-0.3, -0.25) is 9.97 Å². The summed E-state index contributed by atoms with van der Waals surface area (Å²) in [4.78, 5) is 28.4. The highest BCUT2D eigenvalue weighted by Crippen LogP contribution is 2.34. The summed E-state index contributed by atoms with van der Waals surface area (Å²) in [5.41, 5.74) is 3.83. The Morgan fingerprint density at radius 2 is 1.79 bits per heavy atom. The first-order valence-corrected chi connectivity index (χ1v) is 10.6. The van der Waals surface area contributed by atoms with Crippen LogP contribution in [-0.2, 0) is 6.42 Å². The van der Waals surface area contributed by atoms with Crippen LogP contribution in [0.2, 0.25) is 0 Å². The number of aromatic amines is 1. The molecule has 4 aromatic heterocycles. The number of benzene rings is 2. The highest BCUT2D eigenvalue weighted by molar-refractivity contribution is 6.05. The molecule has 164 valence electrons. The van der Waals surface area contributed by atoms with E-state index in [0.717, 1.165) is 27.5 Å². The molecule has 6 aromatic rings. The Morgan fingerprint density at radius 3 is 2.65 bits per heavy atom. The van der Waals surface area contributed by atoms with Crippen molar-refractivity contribution in [1.82, 2.24) is 25.1 Å². The molecule has 2 aromatic carbocycles. The van der Waals surface area contributed by atoms with Crippen molar-refractivity contribution < 1.29 is 14.4 Å². The number of hydrogen-bond acceptors (Lipinski definition) is 6. The van der Waals surface area contributed by atoms with Crippen LogP contribution in [0, 0.1) is 0 Å².